The van der Waals surface area contributed by atoms with E-state index in [0.717, 1.165) is 28.2 Å². The molecular formula is C16H18N2OS. The van der Waals surface area contributed by atoms with Crippen LogP contribution in [0.5, 0.6) is 0 Å². The van der Waals surface area contributed by atoms with Gasteiger partial charge in [0.05, 0.1) is 10.7 Å². The molecule has 1 N–H and O–H groups in total. The van der Waals surface area contributed by atoms with Crippen LogP contribution < -0.4 is 5.32 Å². The van der Waals surface area contributed by atoms with Crippen molar-refractivity contribution >= 4 is 17.2 Å². The van der Waals surface area contributed by atoms with Gasteiger partial charge in [0, 0.05) is 23.4 Å². The number of hydrogen-bond acceptors (Lipinski definition) is 3. The first kappa shape index (κ1) is 13.3. The van der Waals surface area contributed by atoms with Crippen LogP contribution in [-0.4, -0.2) is 10.9 Å². The first-order valence-corrected chi connectivity index (χ1v) is 7.80. The maximum absolute atomic E-state index is 11.8. The summed E-state index contributed by atoms with van der Waals surface area (Å²) in [5.74, 6) is 0.995. The van der Waals surface area contributed by atoms with Crippen molar-refractivity contribution in [2.45, 2.75) is 26.8 Å². The molecule has 3 rings (SSSR count). The van der Waals surface area contributed by atoms with Crippen molar-refractivity contribution in [2.24, 2.45) is 11.8 Å². The van der Waals surface area contributed by atoms with Crippen molar-refractivity contribution < 1.29 is 4.79 Å². The van der Waals surface area contributed by atoms with E-state index in [1.807, 2.05) is 6.92 Å². The van der Waals surface area contributed by atoms with Gasteiger partial charge in [0.1, 0.15) is 0 Å². The van der Waals surface area contributed by atoms with E-state index >= 15 is 0 Å². The second-order valence-corrected chi connectivity index (χ2v) is 6.55. The molecule has 1 aliphatic rings. The Labute approximate surface area is 123 Å². The van der Waals surface area contributed by atoms with Crippen molar-refractivity contribution in [1.82, 2.24) is 10.3 Å². The third kappa shape index (κ3) is 2.90. The number of carbonyl (C=O) groups excluding carboxylic acids is 1. The van der Waals surface area contributed by atoms with Gasteiger partial charge in [-0.1, -0.05) is 31.2 Å². The van der Waals surface area contributed by atoms with Crippen LogP contribution in [0.4, 0.5) is 0 Å². The Kier molecular flexibility index (Phi) is 3.57. The molecule has 1 heterocycles. The van der Waals surface area contributed by atoms with Crippen molar-refractivity contribution in [3.05, 3.63) is 40.2 Å². The molecule has 0 bridgehead atoms. The van der Waals surface area contributed by atoms with Crippen molar-refractivity contribution in [3.8, 4) is 11.3 Å². The summed E-state index contributed by atoms with van der Waals surface area (Å²) in [6, 6.07) is 8.24. The summed E-state index contributed by atoms with van der Waals surface area (Å²) in [5.41, 5.74) is 3.28. The number of rotatable bonds is 4. The molecule has 1 amide bonds. The molecule has 2 atom stereocenters. The van der Waals surface area contributed by atoms with E-state index in [4.69, 9.17) is 0 Å². The predicted octanol–water partition coefficient (Wildman–Crippen LogP) is 3.39. The zero-order valence-corrected chi connectivity index (χ0v) is 12.5. The van der Waals surface area contributed by atoms with Crippen LogP contribution in [0.2, 0.25) is 0 Å². The zero-order valence-electron chi connectivity index (χ0n) is 11.7. The number of hydrogen-bond donors (Lipinski definition) is 1. The van der Waals surface area contributed by atoms with Gasteiger partial charge < -0.3 is 5.32 Å². The quantitative estimate of drug-likeness (QED) is 0.936. The number of carbonyl (C=O) groups is 1. The van der Waals surface area contributed by atoms with Gasteiger partial charge in [0.2, 0.25) is 5.91 Å². The number of nitrogens with one attached hydrogen (secondary N) is 1. The van der Waals surface area contributed by atoms with Gasteiger partial charge in [0.25, 0.3) is 0 Å². The third-order valence-corrected chi connectivity index (χ3v) is 4.56. The number of aromatic nitrogens is 1. The second-order valence-electron chi connectivity index (χ2n) is 5.49. The number of benzene rings is 1. The highest BCUT2D eigenvalue weighted by Crippen LogP contribution is 2.37. The van der Waals surface area contributed by atoms with Crippen LogP contribution in [0.25, 0.3) is 11.3 Å². The Hall–Kier alpha value is -1.68. The molecular weight excluding hydrogens is 268 g/mol. The lowest BCUT2D eigenvalue weighted by Crippen LogP contribution is -2.24. The number of nitrogens with zero attached hydrogens (tertiary/aromatic N) is 1. The molecule has 0 saturated heterocycles. The van der Waals surface area contributed by atoms with E-state index in [9.17, 15) is 4.79 Å². The van der Waals surface area contributed by atoms with Gasteiger partial charge in [-0.3, -0.25) is 4.79 Å². The first-order chi connectivity index (χ1) is 9.63. The molecule has 2 aromatic rings. The summed E-state index contributed by atoms with van der Waals surface area (Å²) in [6.07, 6.45) is 1.04. The molecule has 3 nitrogen and oxygen atoms in total. The standard InChI is InChI=1S/C16H18N2OS/c1-10-7-14(10)16(19)17-8-12-3-5-13(6-4-12)15-9-20-11(2)18-15/h3-6,9-10,14H,7-8H2,1-2H3,(H,17,19)/t10-,14+/m0/s1. The third-order valence-electron chi connectivity index (χ3n) is 3.78. The summed E-state index contributed by atoms with van der Waals surface area (Å²) in [6.45, 7) is 4.74. The first-order valence-electron chi connectivity index (χ1n) is 6.92. The summed E-state index contributed by atoms with van der Waals surface area (Å²) < 4.78 is 0. The molecule has 1 fully saturated rings. The highest BCUT2D eigenvalue weighted by Gasteiger charge is 2.38. The van der Waals surface area contributed by atoms with Gasteiger partial charge in [0.15, 0.2) is 0 Å². The highest BCUT2D eigenvalue weighted by molar-refractivity contribution is 7.09. The van der Waals surface area contributed by atoms with E-state index in [2.05, 4.69) is 46.9 Å². The lowest BCUT2D eigenvalue weighted by molar-refractivity contribution is -0.122. The average Bonchev–Trinajstić information content (AvgIpc) is 3.03. The smallest absolute Gasteiger partial charge is 0.223 e. The molecule has 0 aliphatic heterocycles. The van der Waals surface area contributed by atoms with Crippen LogP contribution in [0.1, 0.15) is 23.9 Å². The Morgan fingerprint density at radius 2 is 2.10 bits per heavy atom. The lowest BCUT2D eigenvalue weighted by atomic mass is 10.1. The summed E-state index contributed by atoms with van der Waals surface area (Å²) in [7, 11) is 0. The fraction of sp³-hybridized carbons (Fsp3) is 0.375. The van der Waals surface area contributed by atoms with E-state index in [-0.39, 0.29) is 11.8 Å². The molecule has 0 spiro atoms. The zero-order chi connectivity index (χ0) is 14.1. The Bertz CT molecular complexity index is 618. The largest absolute Gasteiger partial charge is 0.352 e. The SMILES string of the molecule is Cc1nc(-c2ccc(CNC(=O)[C@@H]3C[C@@H]3C)cc2)cs1. The molecule has 4 heteroatoms. The number of amides is 1. The normalized spacial score (nSPS) is 20.7. The summed E-state index contributed by atoms with van der Waals surface area (Å²) in [4.78, 5) is 16.2. The van der Waals surface area contributed by atoms with Crippen LogP contribution in [0, 0.1) is 18.8 Å². The van der Waals surface area contributed by atoms with Crippen LogP contribution in [-0.2, 0) is 11.3 Å². The fourth-order valence-electron chi connectivity index (χ4n) is 2.30. The maximum Gasteiger partial charge on any atom is 0.223 e. The second kappa shape index (κ2) is 5.37. The molecule has 104 valence electrons. The van der Waals surface area contributed by atoms with Crippen molar-refractivity contribution in [2.75, 3.05) is 0 Å². The van der Waals surface area contributed by atoms with E-state index < -0.39 is 0 Å². The minimum Gasteiger partial charge on any atom is -0.352 e. The molecule has 1 aromatic carbocycles. The molecule has 1 aromatic heterocycles. The molecule has 1 aliphatic carbocycles. The highest BCUT2D eigenvalue weighted by atomic mass is 32.1. The van der Waals surface area contributed by atoms with Gasteiger partial charge in [-0.05, 0) is 24.8 Å². The molecule has 1 saturated carbocycles. The van der Waals surface area contributed by atoms with Crippen LogP contribution >= 0.6 is 11.3 Å². The Balaban J connectivity index is 1.60. The minimum absolute atomic E-state index is 0.191. The number of thiazole rings is 1. The Morgan fingerprint density at radius 3 is 2.65 bits per heavy atom. The summed E-state index contributed by atoms with van der Waals surface area (Å²) >= 11 is 1.66. The molecule has 20 heavy (non-hydrogen) atoms. The summed E-state index contributed by atoms with van der Waals surface area (Å²) in [5, 5.41) is 6.15. The topological polar surface area (TPSA) is 42.0 Å². The average molecular weight is 286 g/mol. The van der Waals surface area contributed by atoms with E-state index in [1.165, 1.54) is 0 Å². The van der Waals surface area contributed by atoms with Crippen LogP contribution in [0.3, 0.4) is 0 Å². The maximum atomic E-state index is 11.8. The van der Waals surface area contributed by atoms with Gasteiger partial charge in [-0.15, -0.1) is 11.3 Å². The van der Waals surface area contributed by atoms with Gasteiger partial charge >= 0.3 is 0 Å². The molecule has 0 unspecified atom stereocenters. The van der Waals surface area contributed by atoms with Gasteiger partial charge in [-0.2, -0.15) is 0 Å². The minimum atomic E-state index is 0.191. The van der Waals surface area contributed by atoms with Crippen molar-refractivity contribution in [3.63, 3.8) is 0 Å². The van der Waals surface area contributed by atoms with E-state index in [0.29, 0.717) is 12.5 Å². The van der Waals surface area contributed by atoms with E-state index in [1.54, 1.807) is 11.3 Å². The fourth-order valence-corrected chi connectivity index (χ4v) is 2.92. The number of aryl methyl sites for hydroxylation is 1. The van der Waals surface area contributed by atoms with Crippen molar-refractivity contribution in [1.29, 1.82) is 0 Å². The van der Waals surface area contributed by atoms with Crippen LogP contribution in [0.15, 0.2) is 29.6 Å². The Morgan fingerprint density at radius 1 is 1.40 bits per heavy atom. The van der Waals surface area contributed by atoms with Gasteiger partial charge in [-0.25, -0.2) is 4.98 Å². The predicted molar refractivity (Wildman–Crippen MR) is 81.4 cm³/mol. The molecule has 0 radical (unpaired) electrons. The lowest BCUT2D eigenvalue weighted by Gasteiger charge is -2.05. The monoisotopic (exact) mass is 286 g/mol.